The van der Waals surface area contributed by atoms with E-state index in [-0.39, 0.29) is 16.4 Å². The Labute approximate surface area is 139 Å². The average molecular weight is 381 g/mol. The minimum absolute atomic E-state index is 0.0816. The molecule has 0 atom stereocenters. The van der Waals surface area contributed by atoms with Crippen molar-refractivity contribution < 1.29 is 9.72 Å². The molecular formula is C13H9BrN4O3S. The Morgan fingerprint density at radius 1 is 1.23 bits per heavy atom. The monoisotopic (exact) mass is 380 g/mol. The molecule has 0 aliphatic heterocycles. The Kier molecular flexibility index (Phi) is 5.12. The van der Waals surface area contributed by atoms with Gasteiger partial charge in [0.2, 0.25) is 0 Å². The van der Waals surface area contributed by atoms with Gasteiger partial charge in [-0.25, -0.2) is 4.98 Å². The number of nitrogens with one attached hydrogen (secondary N) is 2. The van der Waals surface area contributed by atoms with E-state index in [9.17, 15) is 14.9 Å². The van der Waals surface area contributed by atoms with E-state index in [1.54, 1.807) is 18.3 Å². The number of aromatic nitrogens is 1. The molecule has 2 rings (SSSR count). The molecule has 0 bridgehead atoms. The number of pyridine rings is 1. The van der Waals surface area contributed by atoms with Gasteiger partial charge in [-0.05, 0) is 52.4 Å². The van der Waals surface area contributed by atoms with E-state index < -0.39 is 10.8 Å². The molecule has 0 aliphatic rings. The zero-order chi connectivity index (χ0) is 16.1. The van der Waals surface area contributed by atoms with Crippen LogP contribution < -0.4 is 10.6 Å². The first kappa shape index (κ1) is 16.0. The van der Waals surface area contributed by atoms with Gasteiger partial charge >= 0.3 is 0 Å². The number of carbonyl (C=O) groups excluding carboxylic acids is 1. The van der Waals surface area contributed by atoms with E-state index in [0.29, 0.717) is 5.82 Å². The lowest BCUT2D eigenvalue weighted by atomic mass is 10.2. The summed E-state index contributed by atoms with van der Waals surface area (Å²) in [7, 11) is 0. The van der Waals surface area contributed by atoms with Crippen molar-refractivity contribution in [1.82, 2.24) is 10.3 Å². The third-order valence-electron chi connectivity index (χ3n) is 2.54. The molecule has 1 aromatic carbocycles. The number of nitro groups is 1. The Morgan fingerprint density at radius 3 is 2.45 bits per heavy atom. The van der Waals surface area contributed by atoms with Gasteiger partial charge in [-0.3, -0.25) is 20.2 Å². The van der Waals surface area contributed by atoms with Crippen LogP contribution >= 0.6 is 28.1 Å². The van der Waals surface area contributed by atoms with Crippen LogP contribution in [0, 0.1) is 10.1 Å². The molecule has 0 saturated carbocycles. The van der Waals surface area contributed by atoms with E-state index in [2.05, 4.69) is 31.5 Å². The smallest absolute Gasteiger partial charge is 0.269 e. The first-order chi connectivity index (χ1) is 10.5. The third-order valence-corrected chi connectivity index (χ3v) is 3.21. The molecule has 112 valence electrons. The second kappa shape index (κ2) is 7.05. The number of amides is 1. The van der Waals surface area contributed by atoms with Crippen molar-refractivity contribution in [2.24, 2.45) is 0 Å². The Balaban J connectivity index is 1.97. The molecule has 1 heterocycles. The molecule has 0 spiro atoms. The second-order valence-electron chi connectivity index (χ2n) is 4.07. The summed E-state index contributed by atoms with van der Waals surface area (Å²) in [5.74, 6) is 0.0155. The molecule has 7 nitrogen and oxygen atoms in total. The predicted molar refractivity (Wildman–Crippen MR) is 88.7 cm³/mol. The van der Waals surface area contributed by atoms with Gasteiger partial charge in [0.1, 0.15) is 5.82 Å². The van der Waals surface area contributed by atoms with Crippen molar-refractivity contribution in [2.75, 3.05) is 5.32 Å². The Morgan fingerprint density at radius 2 is 1.91 bits per heavy atom. The highest BCUT2D eigenvalue weighted by atomic mass is 79.9. The minimum Gasteiger partial charge on any atom is -0.317 e. The quantitative estimate of drug-likeness (QED) is 0.482. The topological polar surface area (TPSA) is 97.2 Å². The summed E-state index contributed by atoms with van der Waals surface area (Å²) < 4.78 is 0.818. The fraction of sp³-hybridized carbons (Fsp3) is 0. The van der Waals surface area contributed by atoms with Gasteiger partial charge in [-0.1, -0.05) is 0 Å². The normalized spacial score (nSPS) is 9.86. The third kappa shape index (κ3) is 4.30. The van der Waals surface area contributed by atoms with Gasteiger partial charge in [-0.2, -0.15) is 0 Å². The van der Waals surface area contributed by atoms with Gasteiger partial charge in [-0.15, -0.1) is 0 Å². The molecule has 22 heavy (non-hydrogen) atoms. The number of halogens is 1. The highest BCUT2D eigenvalue weighted by Crippen LogP contribution is 2.12. The highest BCUT2D eigenvalue weighted by molar-refractivity contribution is 9.10. The number of nitrogens with zero attached hydrogens (tertiary/aromatic N) is 2. The van der Waals surface area contributed by atoms with Crippen molar-refractivity contribution in [1.29, 1.82) is 0 Å². The largest absolute Gasteiger partial charge is 0.317 e. The van der Waals surface area contributed by atoms with Crippen LogP contribution in [0.1, 0.15) is 10.4 Å². The maximum Gasteiger partial charge on any atom is 0.269 e. The van der Waals surface area contributed by atoms with E-state index in [1.165, 1.54) is 24.3 Å². The summed E-state index contributed by atoms with van der Waals surface area (Å²) in [4.78, 5) is 26.0. The number of nitro benzene ring substituents is 1. The molecule has 1 amide bonds. The van der Waals surface area contributed by atoms with Crippen molar-refractivity contribution in [3.8, 4) is 0 Å². The molecule has 1 aromatic heterocycles. The molecule has 0 radical (unpaired) electrons. The molecule has 0 saturated heterocycles. The minimum atomic E-state index is -0.535. The number of hydrogen-bond acceptors (Lipinski definition) is 5. The Hall–Kier alpha value is -2.39. The number of non-ortho nitro benzene ring substituents is 1. The fourth-order valence-electron chi connectivity index (χ4n) is 1.51. The first-order valence-corrected chi connectivity index (χ1v) is 7.14. The summed E-state index contributed by atoms with van der Waals surface area (Å²) in [6, 6.07) is 8.68. The van der Waals surface area contributed by atoms with Gasteiger partial charge in [0.25, 0.3) is 11.6 Å². The molecule has 0 unspecified atom stereocenters. The van der Waals surface area contributed by atoms with Crippen LogP contribution in [0.5, 0.6) is 0 Å². The van der Waals surface area contributed by atoms with E-state index in [0.717, 1.165) is 4.47 Å². The van der Waals surface area contributed by atoms with Crippen LogP contribution in [0.4, 0.5) is 11.5 Å². The molecule has 2 N–H and O–H groups in total. The number of benzene rings is 1. The highest BCUT2D eigenvalue weighted by Gasteiger charge is 2.11. The summed E-state index contributed by atoms with van der Waals surface area (Å²) in [5, 5.41) is 15.9. The summed E-state index contributed by atoms with van der Waals surface area (Å²) in [5.41, 5.74) is 0.176. The lowest BCUT2D eigenvalue weighted by Crippen LogP contribution is -2.34. The zero-order valence-corrected chi connectivity index (χ0v) is 13.3. The lowest BCUT2D eigenvalue weighted by Gasteiger charge is -2.08. The number of hydrogen-bond donors (Lipinski definition) is 2. The summed E-state index contributed by atoms with van der Waals surface area (Å²) >= 11 is 8.27. The lowest BCUT2D eigenvalue weighted by molar-refractivity contribution is -0.384. The predicted octanol–water partition coefficient (Wildman–Crippen LogP) is 2.88. The van der Waals surface area contributed by atoms with Crippen molar-refractivity contribution in [3.63, 3.8) is 0 Å². The van der Waals surface area contributed by atoms with E-state index >= 15 is 0 Å². The molecule has 2 aromatic rings. The number of thiocarbonyl (C=S) groups is 1. The summed E-state index contributed by atoms with van der Waals surface area (Å²) in [6.45, 7) is 0. The van der Waals surface area contributed by atoms with Gasteiger partial charge in [0.05, 0.1) is 4.92 Å². The molecule has 0 aliphatic carbocycles. The van der Waals surface area contributed by atoms with Crippen LogP contribution in [-0.2, 0) is 0 Å². The van der Waals surface area contributed by atoms with Crippen LogP contribution in [0.15, 0.2) is 47.1 Å². The second-order valence-corrected chi connectivity index (χ2v) is 5.40. The van der Waals surface area contributed by atoms with E-state index in [1.807, 2.05) is 0 Å². The van der Waals surface area contributed by atoms with Crippen molar-refractivity contribution in [3.05, 3.63) is 62.7 Å². The molecular weight excluding hydrogens is 372 g/mol. The SMILES string of the molecule is O=C(NC(=S)Nc1ccc(Br)cn1)c1ccc([N+](=O)[O-])cc1. The van der Waals surface area contributed by atoms with Crippen LogP contribution in [-0.4, -0.2) is 20.9 Å². The Bertz CT molecular complexity index is 719. The van der Waals surface area contributed by atoms with Gasteiger partial charge in [0.15, 0.2) is 5.11 Å². The van der Waals surface area contributed by atoms with E-state index in [4.69, 9.17) is 12.2 Å². The van der Waals surface area contributed by atoms with Crippen molar-refractivity contribution in [2.45, 2.75) is 0 Å². The van der Waals surface area contributed by atoms with Gasteiger partial charge < -0.3 is 5.32 Å². The maximum absolute atomic E-state index is 11.9. The first-order valence-electron chi connectivity index (χ1n) is 5.94. The van der Waals surface area contributed by atoms with Gasteiger partial charge in [0, 0.05) is 28.4 Å². The zero-order valence-electron chi connectivity index (χ0n) is 10.9. The molecule has 9 heteroatoms. The maximum atomic E-state index is 11.9. The standard InChI is InChI=1S/C13H9BrN4O3S/c14-9-3-6-11(15-7-9)16-13(22)17-12(19)8-1-4-10(5-2-8)18(20)21/h1-7H,(H2,15,16,17,19,22). The fourth-order valence-corrected chi connectivity index (χ4v) is 1.94. The number of carbonyl (C=O) groups is 1. The number of anilines is 1. The van der Waals surface area contributed by atoms with Crippen molar-refractivity contribution >= 4 is 50.7 Å². The molecule has 0 fully saturated rings. The van der Waals surface area contributed by atoms with Crippen LogP contribution in [0.2, 0.25) is 0 Å². The number of rotatable bonds is 3. The summed E-state index contributed by atoms with van der Waals surface area (Å²) in [6.07, 6.45) is 1.59. The van der Waals surface area contributed by atoms with Crippen LogP contribution in [0.3, 0.4) is 0 Å². The average Bonchev–Trinajstić information content (AvgIpc) is 2.49. The van der Waals surface area contributed by atoms with Crippen LogP contribution in [0.25, 0.3) is 0 Å².